The molecule has 37 heavy (non-hydrogen) atoms. The van der Waals surface area contributed by atoms with Crippen LogP contribution in [-0.4, -0.2) is 34.9 Å². The molecule has 184 valence electrons. The molecule has 1 unspecified atom stereocenters. The van der Waals surface area contributed by atoms with Crippen LogP contribution in [0.25, 0.3) is 16.5 Å². The molecule has 1 atom stereocenters. The van der Waals surface area contributed by atoms with Gasteiger partial charge in [-0.1, -0.05) is 54.6 Å². The molecule has 1 saturated heterocycles. The molecule has 0 aromatic heterocycles. The van der Waals surface area contributed by atoms with Crippen molar-refractivity contribution in [2.45, 2.75) is 12.6 Å². The Hall–Kier alpha value is -4.65. The van der Waals surface area contributed by atoms with Gasteiger partial charge in [-0.25, -0.2) is 4.39 Å². The van der Waals surface area contributed by atoms with Crippen molar-refractivity contribution in [3.8, 4) is 11.5 Å². The van der Waals surface area contributed by atoms with Crippen LogP contribution in [0.4, 0.5) is 4.39 Å². The number of rotatable bonds is 4. The van der Waals surface area contributed by atoms with Crippen molar-refractivity contribution in [2.75, 3.05) is 13.2 Å². The summed E-state index contributed by atoms with van der Waals surface area (Å²) < 4.78 is 24.8. The molecule has 7 heteroatoms. The normalized spacial score (nSPS) is 18.4. The first-order valence-corrected chi connectivity index (χ1v) is 11.9. The quantitative estimate of drug-likeness (QED) is 0.234. The van der Waals surface area contributed by atoms with Crippen LogP contribution in [0.5, 0.6) is 11.5 Å². The third-order valence-electron chi connectivity index (χ3n) is 6.74. The van der Waals surface area contributed by atoms with E-state index in [0.29, 0.717) is 41.4 Å². The highest BCUT2D eigenvalue weighted by atomic mass is 19.1. The Morgan fingerprint density at radius 1 is 0.892 bits per heavy atom. The Labute approximate surface area is 212 Å². The molecule has 0 aliphatic carbocycles. The zero-order chi connectivity index (χ0) is 25.5. The smallest absolute Gasteiger partial charge is 0.295 e. The lowest BCUT2D eigenvalue weighted by atomic mass is 9.91. The van der Waals surface area contributed by atoms with Crippen LogP contribution in [0.15, 0.2) is 90.5 Å². The van der Waals surface area contributed by atoms with Gasteiger partial charge in [0.15, 0.2) is 11.5 Å². The summed E-state index contributed by atoms with van der Waals surface area (Å²) in [5.41, 5.74) is 1.70. The van der Waals surface area contributed by atoms with Gasteiger partial charge >= 0.3 is 0 Å². The number of amides is 1. The molecule has 4 aromatic carbocycles. The first-order valence-electron chi connectivity index (χ1n) is 11.9. The van der Waals surface area contributed by atoms with Crippen molar-refractivity contribution >= 4 is 28.2 Å². The highest BCUT2D eigenvalue weighted by molar-refractivity contribution is 6.46. The Morgan fingerprint density at radius 2 is 1.62 bits per heavy atom. The molecule has 0 saturated carbocycles. The summed E-state index contributed by atoms with van der Waals surface area (Å²) in [6.07, 6.45) is 0. The molecule has 1 amide bonds. The Morgan fingerprint density at radius 3 is 2.43 bits per heavy atom. The molecule has 1 N–H and O–H groups in total. The third-order valence-corrected chi connectivity index (χ3v) is 6.74. The summed E-state index contributed by atoms with van der Waals surface area (Å²) in [5, 5.41) is 13.3. The van der Waals surface area contributed by atoms with Gasteiger partial charge in [0, 0.05) is 12.1 Å². The number of likely N-dealkylation sites (tertiary alicyclic amines) is 1. The third kappa shape index (κ3) is 3.98. The van der Waals surface area contributed by atoms with Crippen LogP contribution in [-0.2, 0) is 16.1 Å². The largest absolute Gasteiger partial charge is 0.507 e. The second kappa shape index (κ2) is 9.09. The molecular formula is C30H22FNO5. The summed E-state index contributed by atoms with van der Waals surface area (Å²) in [6, 6.07) is 23.2. The molecule has 4 aromatic rings. The first kappa shape index (κ1) is 22.8. The maximum Gasteiger partial charge on any atom is 0.295 e. The standard InChI is InChI=1S/C30H22FNO5/c31-21-11-8-18(9-12-21)17-32-27(23-7-3-5-19-4-1-2-6-22(19)23)26(29(34)30(32)35)28(33)20-10-13-24-25(16-20)37-15-14-36-24/h1-13,16,27,33H,14-15,17H2/b28-26-. The zero-order valence-corrected chi connectivity index (χ0v) is 19.7. The van der Waals surface area contributed by atoms with E-state index in [0.717, 1.165) is 10.8 Å². The van der Waals surface area contributed by atoms with Gasteiger partial charge in [-0.05, 0) is 52.2 Å². The number of aliphatic hydroxyl groups is 1. The average Bonchev–Trinajstić information content (AvgIpc) is 3.18. The number of ketones is 1. The first-order chi connectivity index (χ1) is 18.0. The van der Waals surface area contributed by atoms with Crippen molar-refractivity contribution in [2.24, 2.45) is 0 Å². The van der Waals surface area contributed by atoms with E-state index >= 15 is 0 Å². The summed E-state index contributed by atoms with van der Waals surface area (Å²) in [6.45, 7) is 0.861. The van der Waals surface area contributed by atoms with Crippen LogP contribution in [0, 0.1) is 5.82 Å². The van der Waals surface area contributed by atoms with E-state index in [4.69, 9.17) is 9.47 Å². The van der Waals surface area contributed by atoms with Crippen LogP contribution in [0.1, 0.15) is 22.7 Å². The highest BCUT2D eigenvalue weighted by Crippen LogP contribution is 2.43. The van der Waals surface area contributed by atoms with Crippen LogP contribution in [0.2, 0.25) is 0 Å². The Kier molecular flexibility index (Phi) is 5.60. The van der Waals surface area contributed by atoms with E-state index in [1.807, 2.05) is 42.5 Å². The maximum atomic E-state index is 13.5. The molecule has 0 bridgehead atoms. The summed E-state index contributed by atoms with van der Waals surface area (Å²) in [5.74, 6) is -1.21. The van der Waals surface area contributed by atoms with Gasteiger partial charge in [-0.2, -0.15) is 0 Å². The zero-order valence-electron chi connectivity index (χ0n) is 19.7. The Bertz CT molecular complexity index is 1570. The second-order valence-electron chi connectivity index (χ2n) is 8.98. The second-order valence-corrected chi connectivity index (χ2v) is 8.98. The number of fused-ring (bicyclic) bond motifs is 2. The van der Waals surface area contributed by atoms with Crippen molar-refractivity contribution in [1.29, 1.82) is 0 Å². The van der Waals surface area contributed by atoms with Gasteiger partial charge in [0.2, 0.25) is 0 Å². The summed E-state index contributed by atoms with van der Waals surface area (Å²) >= 11 is 0. The van der Waals surface area contributed by atoms with Gasteiger partial charge in [0.25, 0.3) is 11.7 Å². The van der Waals surface area contributed by atoms with Crippen molar-refractivity contribution in [1.82, 2.24) is 4.90 Å². The van der Waals surface area contributed by atoms with Gasteiger partial charge in [0.05, 0.1) is 11.6 Å². The van der Waals surface area contributed by atoms with E-state index in [1.54, 1.807) is 30.3 Å². The number of Topliss-reactive ketones (excluding diaryl/α,β-unsaturated/α-hetero) is 1. The van der Waals surface area contributed by atoms with E-state index in [9.17, 15) is 19.1 Å². The summed E-state index contributed by atoms with van der Waals surface area (Å²) in [4.78, 5) is 28.3. The number of hydrogen-bond acceptors (Lipinski definition) is 5. The predicted molar refractivity (Wildman–Crippen MR) is 136 cm³/mol. The molecule has 0 spiro atoms. The number of aliphatic hydroxyl groups excluding tert-OH is 1. The predicted octanol–water partition coefficient (Wildman–Crippen LogP) is 5.37. The fourth-order valence-electron chi connectivity index (χ4n) is 4.99. The topological polar surface area (TPSA) is 76.1 Å². The van der Waals surface area contributed by atoms with E-state index in [1.165, 1.54) is 17.0 Å². The molecule has 6 nitrogen and oxygen atoms in total. The number of ether oxygens (including phenoxy) is 2. The van der Waals surface area contributed by atoms with E-state index in [2.05, 4.69) is 0 Å². The van der Waals surface area contributed by atoms with E-state index in [-0.39, 0.29) is 17.9 Å². The molecule has 6 rings (SSSR count). The lowest BCUT2D eigenvalue weighted by molar-refractivity contribution is -0.140. The number of hydrogen-bond donors (Lipinski definition) is 1. The van der Waals surface area contributed by atoms with Gasteiger partial charge in [-0.3, -0.25) is 9.59 Å². The highest BCUT2D eigenvalue weighted by Gasteiger charge is 2.46. The molecular weight excluding hydrogens is 473 g/mol. The lowest BCUT2D eigenvalue weighted by Crippen LogP contribution is -2.29. The molecule has 2 aliphatic heterocycles. The minimum absolute atomic E-state index is 0.0138. The van der Waals surface area contributed by atoms with Crippen molar-refractivity contribution < 1.29 is 28.6 Å². The van der Waals surface area contributed by atoms with Gasteiger partial charge in [0.1, 0.15) is 24.8 Å². The minimum Gasteiger partial charge on any atom is -0.507 e. The number of nitrogens with zero attached hydrogens (tertiary/aromatic N) is 1. The van der Waals surface area contributed by atoms with Crippen LogP contribution < -0.4 is 9.47 Å². The average molecular weight is 496 g/mol. The van der Waals surface area contributed by atoms with Crippen molar-refractivity contribution in [3.63, 3.8) is 0 Å². The van der Waals surface area contributed by atoms with E-state index < -0.39 is 23.5 Å². The van der Waals surface area contributed by atoms with Crippen LogP contribution in [0.3, 0.4) is 0 Å². The number of carbonyl (C=O) groups is 2. The van der Waals surface area contributed by atoms with Crippen LogP contribution >= 0.6 is 0 Å². The fourth-order valence-corrected chi connectivity index (χ4v) is 4.99. The molecule has 2 heterocycles. The number of benzene rings is 4. The molecule has 0 radical (unpaired) electrons. The van der Waals surface area contributed by atoms with Crippen molar-refractivity contribution in [3.05, 3.63) is 113 Å². The number of carbonyl (C=O) groups excluding carboxylic acids is 2. The number of halogens is 1. The monoisotopic (exact) mass is 495 g/mol. The SMILES string of the molecule is O=C1C(=O)N(Cc2ccc(F)cc2)C(c2cccc3ccccc23)/C1=C(/O)c1ccc2c(c1)OCCO2. The Balaban J connectivity index is 1.54. The minimum atomic E-state index is -0.857. The van der Waals surface area contributed by atoms with Gasteiger partial charge in [-0.15, -0.1) is 0 Å². The summed E-state index contributed by atoms with van der Waals surface area (Å²) in [7, 11) is 0. The van der Waals surface area contributed by atoms with Gasteiger partial charge < -0.3 is 19.5 Å². The molecule has 1 fully saturated rings. The molecule has 2 aliphatic rings. The fraction of sp³-hybridized carbons (Fsp3) is 0.133. The maximum absolute atomic E-state index is 13.5. The lowest BCUT2D eigenvalue weighted by Gasteiger charge is -2.26.